The summed E-state index contributed by atoms with van der Waals surface area (Å²) in [5.41, 5.74) is 0.878. The van der Waals surface area contributed by atoms with E-state index < -0.39 is 0 Å². The summed E-state index contributed by atoms with van der Waals surface area (Å²) in [5.74, 6) is 3.41. The predicted molar refractivity (Wildman–Crippen MR) is 67.6 cm³/mol. The summed E-state index contributed by atoms with van der Waals surface area (Å²) in [7, 11) is 0. The molecular weight excluding hydrogens is 228 g/mol. The number of aryl methyl sites for hydroxylation is 1. The van der Waals surface area contributed by atoms with E-state index >= 15 is 0 Å². The van der Waals surface area contributed by atoms with Crippen molar-refractivity contribution in [3.8, 4) is 0 Å². The third kappa shape index (κ3) is 1.35. The van der Waals surface area contributed by atoms with Crippen LogP contribution < -0.4 is 10.2 Å². The molecule has 1 N–H and O–H groups in total. The molecule has 2 aliphatic heterocycles. The van der Waals surface area contributed by atoms with Gasteiger partial charge < -0.3 is 10.2 Å². The zero-order valence-electron chi connectivity index (χ0n) is 10.4. The van der Waals surface area contributed by atoms with Crippen LogP contribution in [0.3, 0.4) is 0 Å². The van der Waals surface area contributed by atoms with Gasteiger partial charge in [0, 0.05) is 38.6 Å². The number of nitrogens with one attached hydrogen (secondary N) is 1. The van der Waals surface area contributed by atoms with Crippen LogP contribution in [0.2, 0.25) is 0 Å². The molecule has 0 aliphatic carbocycles. The van der Waals surface area contributed by atoms with Gasteiger partial charge in [-0.1, -0.05) is 0 Å². The van der Waals surface area contributed by atoms with E-state index in [1.807, 2.05) is 23.7 Å². The molecule has 18 heavy (non-hydrogen) atoms. The Morgan fingerprint density at radius 3 is 2.78 bits per heavy atom. The van der Waals surface area contributed by atoms with E-state index in [0.717, 1.165) is 55.3 Å². The van der Waals surface area contributed by atoms with Crippen LogP contribution in [-0.2, 0) is 0 Å². The van der Waals surface area contributed by atoms with Crippen molar-refractivity contribution in [1.82, 2.24) is 24.9 Å². The highest BCUT2D eigenvalue weighted by Crippen LogP contribution is 2.30. The van der Waals surface area contributed by atoms with E-state index in [1.165, 1.54) is 0 Å². The van der Waals surface area contributed by atoms with Crippen LogP contribution >= 0.6 is 0 Å². The van der Waals surface area contributed by atoms with Gasteiger partial charge in [0.05, 0.1) is 0 Å². The topological polar surface area (TPSA) is 58.4 Å². The fourth-order valence-electron chi connectivity index (χ4n) is 3.18. The molecule has 2 aromatic heterocycles. The summed E-state index contributed by atoms with van der Waals surface area (Å²) in [5, 5.41) is 11.8. The molecule has 6 heteroatoms. The second-order valence-corrected chi connectivity index (χ2v) is 5.28. The van der Waals surface area contributed by atoms with Crippen molar-refractivity contribution in [2.45, 2.75) is 6.92 Å². The van der Waals surface area contributed by atoms with Crippen molar-refractivity contribution >= 4 is 11.5 Å². The van der Waals surface area contributed by atoms with Gasteiger partial charge in [-0.3, -0.25) is 4.40 Å². The van der Waals surface area contributed by atoms with Crippen LogP contribution in [0.25, 0.3) is 5.65 Å². The van der Waals surface area contributed by atoms with E-state index in [9.17, 15) is 0 Å². The Balaban J connectivity index is 1.75. The van der Waals surface area contributed by atoms with E-state index in [0.29, 0.717) is 0 Å². The molecule has 4 rings (SSSR count). The molecular formula is C12H16N6. The Kier molecular flexibility index (Phi) is 2.08. The summed E-state index contributed by atoms with van der Waals surface area (Å²) < 4.78 is 2.01. The van der Waals surface area contributed by atoms with Gasteiger partial charge in [-0.2, -0.15) is 0 Å². The van der Waals surface area contributed by atoms with Gasteiger partial charge in [0.1, 0.15) is 5.82 Å². The van der Waals surface area contributed by atoms with Crippen LogP contribution in [-0.4, -0.2) is 45.8 Å². The van der Waals surface area contributed by atoms with E-state index in [4.69, 9.17) is 0 Å². The van der Waals surface area contributed by atoms with Crippen LogP contribution in [0.15, 0.2) is 12.4 Å². The molecule has 6 nitrogen and oxygen atoms in total. The van der Waals surface area contributed by atoms with Crippen molar-refractivity contribution in [2.24, 2.45) is 11.8 Å². The minimum Gasteiger partial charge on any atom is -0.353 e. The monoisotopic (exact) mass is 244 g/mol. The summed E-state index contributed by atoms with van der Waals surface area (Å²) in [6, 6.07) is 0. The van der Waals surface area contributed by atoms with Crippen molar-refractivity contribution < 1.29 is 0 Å². The molecule has 2 aromatic rings. The third-order valence-electron chi connectivity index (χ3n) is 4.17. The molecule has 0 amide bonds. The zero-order valence-corrected chi connectivity index (χ0v) is 10.4. The lowest BCUT2D eigenvalue weighted by atomic mass is 10.0. The summed E-state index contributed by atoms with van der Waals surface area (Å²) >= 11 is 0. The quantitative estimate of drug-likeness (QED) is 0.770. The minimum atomic E-state index is 0.760. The number of aromatic nitrogens is 4. The molecule has 0 bridgehead atoms. The Morgan fingerprint density at radius 1 is 1.22 bits per heavy atom. The summed E-state index contributed by atoms with van der Waals surface area (Å²) in [6.45, 7) is 6.39. The molecule has 2 fully saturated rings. The highest BCUT2D eigenvalue weighted by Gasteiger charge is 2.37. The standard InChI is InChI=1S/C12H16N6/c1-8-15-16-12-11(14-2-3-18(8)12)17-6-9-4-13-5-10(9)7-17/h2-3,9-10,13H,4-7H2,1H3. The Bertz CT molecular complexity index is 579. The number of rotatable bonds is 1. The Labute approximate surface area is 105 Å². The van der Waals surface area contributed by atoms with Gasteiger partial charge in [0.2, 0.25) is 5.65 Å². The summed E-state index contributed by atoms with van der Waals surface area (Å²) in [6.07, 6.45) is 3.76. The molecule has 2 atom stereocenters. The third-order valence-corrected chi connectivity index (χ3v) is 4.17. The molecule has 0 spiro atoms. The van der Waals surface area contributed by atoms with Gasteiger partial charge >= 0.3 is 0 Å². The number of anilines is 1. The maximum Gasteiger partial charge on any atom is 0.203 e. The SMILES string of the molecule is Cc1nnc2c(N3CC4CNCC4C3)nccn12. The first-order valence-corrected chi connectivity index (χ1v) is 6.45. The van der Waals surface area contributed by atoms with Crippen molar-refractivity contribution in [2.75, 3.05) is 31.1 Å². The number of hydrogen-bond donors (Lipinski definition) is 1. The van der Waals surface area contributed by atoms with Crippen molar-refractivity contribution in [3.63, 3.8) is 0 Å². The highest BCUT2D eigenvalue weighted by molar-refractivity contribution is 5.64. The number of nitrogens with zero attached hydrogens (tertiary/aromatic N) is 5. The van der Waals surface area contributed by atoms with Gasteiger partial charge in [-0.25, -0.2) is 4.98 Å². The normalized spacial score (nSPS) is 27.1. The smallest absolute Gasteiger partial charge is 0.203 e. The first kappa shape index (κ1) is 10.3. The van der Waals surface area contributed by atoms with E-state index in [1.54, 1.807) is 0 Å². The Hall–Kier alpha value is -1.69. The molecule has 2 saturated heterocycles. The van der Waals surface area contributed by atoms with Crippen LogP contribution in [0, 0.1) is 18.8 Å². The second-order valence-electron chi connectivity index (χ2n) is 5.28. The lowest BCUT2D eigenvalue weighted by Crippen LogP contribution is -2.26. The molecule has 2 aliphatic rings. The first-order valence-electron chi connectivity index (χ1n) is 6.45. The number of hydrogen-bond acceptors (Lipinski definition) is 5. The van der Waals surface area contributed by atoms with Gasteiger partial charge in [-0.15, -0.1) is 10.2 Å². The lowest BCUT2D eigenvalue weighted by Gasteiger charge is -2.18. The fourth-order valence-corrected chi connectivity index (χ4v) is 3.18. The number of fused-ring (bicyclic) bond motifs is 2. The first-order chi connectivity index (χ1) is 8.83. The lowest BCUT2D eigenvalue weighted by molar-refractivity contribution is 0.533. The highest BCUT2D eigenvalue weighted by atomic mass is 15.3. The largest absolute Gasteiger partial charge is 0.353 e. The van der Waals surface area contributed by atoms with Gasteiger partial charge in [0.25, 0.3) is 0 Å². The average Bonchev–Trinajstić information content (AvgIpc) is 3.03. The summed E-state index contributed by atoms with van der Waals surface area (Å²) in [4.78, 5) is 6.87. The zero-order chi connectivity index (χ0) is 12.1. The van der Waals surface area contributed by atoms with Gasteiger partial charge in [-0.05, 0) is 18.8 Å². The molecule has 94 valence electrons. The van der Waals surface area contributed by atoms with E-state index in [-0.39, 0.29) is 0 Å². The van der Waals surface area contributed by atoms with Crippen LogP contribution in [0.1, 0.15) is 5.82 Å². The molecule has 0 saturated carbocycles. The molecule has 0 aromatic carbocycles. The van der Waals surface area contributed by atoms with Crippen molar-refractivity contribution in [3.05, 3.63) is 18.2 Å². The average molecular weight is 244 g/mol. The molecule has 4 heterocycles. The molecule has 2 unspecified atom stereocenters. The predicted octanol–water partition coefficient (Wildman–Crippen LogP) is 0.0883. The maximum absolute atomic E-state index is 4.51. The van der Waals surface area contributed by atoms with Crippen LogP contribution in [0.5, 0.6) is 0 Å². The van der Waals surface area contributed by atoms with E-state index in [2.05, 4.69) is 25.4 Å². The van der Waals surface area contributed by atoms with Crippen molar-refractivity contribution in [1.29, 1.82) is 0 Å². The second kappa shape index (κ2) is 3.65. The van der Waals surface area contributed by atoms with Gasteiger partial charge in [0.15, 0.2) is 5.82 Å². The Morgan fingerprint density at radius 2 is 2.00 bits per heavy atom. The molecule has 0 radical (unpaired) electrons. The fraction of sp³-hybridized carbons (Fsp3) is 0.583. The minimum absolute atomic E-state index is 0.760. The van der Waals surface area contributed by atoms with Crippen LogP contribution in [0.4, 0.5) is 5.82 Å². The maximum atomic E-state index is 4.51.